The van der Waals surface area contributed by atoms with Gasteiger partial charge in [-0.1, -0.05) is 32.0 Å². The predicted octanol–water partition coefficient (Wildman–Crippen LogP) is 5.60. The van der Waals surface area contributed by atoms with Crippen molar-refractivity contribution < 1.29 is 9.18 Å². The van der Waals surface area contributed by atoms with Crippen LogP contribution in [-0.4, -0.2) is 10.5 Å². The summed E-state index contributed by atoms with van der Waals surface area (Å²) in [4.78, 5) is 12.9. The van der Waals surface area contributed by atoms with Gasteiger partial charge in [0, 0.05) is 24.1 Å². The number of nitrogens with one attached hydrogen (secondary N) is 1. The van der Waals surface area contributed by atoms with E-state index in [9.17, 15) is 9.18 Å². The second kappa shape index (κ2) is 7.56. The van der Waals surface area contributed by atoms with E-state index in [4.69, 9.17) is 0 Å². The smallest absolute Gasteiger partial charge is 0.257 e. The third-order valence-corrected chi connectivity index (χ3v) is 4.78. The molecule has 3 aromatic rings. The van der Waals surface area contributed by atoms with Crippen molar-refractivity contribution in [2.24, 2.45) is 7.05 Å². The number of halogens is 1. The maximum absolute atomic E-state index is 13.3. The van der Waals surface area contributed by atoms with E-state index in [1.165, 1.54) is 12.1 Å². The van der Waals surface area contributed by atoms with E-state index in [2.05, 4.69) is 19.2 Å². The standard InChI is InChI=1S/C22H23FN2O/c1-4-15(2)21-19(22(26)24-18-8-6-5-7-9-18)14-20(25(21)3)16-10-12-17(23)13-11-16/h5-15H,4H2,1-3H3,(H,24,26). The van der Waals surface area contributed by atoms with Crippen LogP contribution in [-0.2, 0) is 7.05 Å². The van der Waals surface area contributed by atoms with Crippen LogP contribution < -0.4 is 5.32 Å². The van der Waals surface area contributed by atoms with Gasteiger partial charge in [0.25, 0.3) is 5.91 Å². The van der Waals surface area contributed by atoms with Crippen molar-refractivity contribution in [2.45, 2.75) is 26.2 Å². The quantitative estimate of drug-likeness (QED) is 0.639. The first kappa shape index (κ1) is 17.9. The molecule has 1 aromatic heterocycles. The SMILES string of the molecule is CCC(C)c1c(C(=O)Nc2ccccc2)cc(-c2ccc(F)cc2)n1C. The van der Waals surface area contributed by atoms with E-state index in [1.54, 1.807) is 12.1 Å². The fourth-order valence-corrected chi connectivity index (χ4v) is 3.21. The largest absolute Gasteiger partial charge is 0.347 e. The Balaban J connectivity index is 2.04. The Morgan fingerprint density at radius 2 is 1.77 bits per heavy atom. The van der Waals surface area contributed by atoms with E-state index in [0.717, 1.165) is 29.1 Å². The number of carbonyl (C=O) groups excluding carboxylic acids is 1. The number of hydrogen-bond donors (Lipinski definition) is 1. The lowest BCUT2D eigenvalue weighted by molar-refractivity contribution is 0.102. The highest BCUT2D eigenvalue weighted by Gasteiger charge is 2.22. The molecule has 0 saturated carbocycles. The molecule has 2 aromatic carbocycles. The van der Waals surface area contributed by atoms with Crippen LogP contribution in [0.15, 0.2) is 60.7 Å². The average molecular weight is 350 g/mol. The fourth-order valence-electron chi connectivity index (χ4n) is 3.21. The van der Waals surface area contributed by atoms with Gasteiger partial charge in [-0.2, -0.15) is 0 Å². The molecule has 1 N–H and O–H groups in total. The second-order valence-corrected chi connectivity index (χ2v) is 6.52. The van der Waals surface area contributed by atoms with Crippen LogP contribution >= 0.6 is 0 Å². The van der Waals surface area contributed by atoms with Crippen LogP contribution in [0.5, 0.6) is 0 Å². The van der Waals surface area contributed by atoms with Crippen LogP contribution in [0, 0.1) is 5.82 Å². The summed E-state index contributed by atoms with van der Waals surface area (Å²) in [7, 11) is 1.96. The van der Waals surface area contributed by atoms with E-state index in [1.807, 2.05) is 48.0 Å². The van der Waals surface area contributed by atoms with Gasteiger partial charge in [-0.05, 0) is 60.4 Å². The Bertz CT molecular complexity index is 898. The molecule has 26 heavy (non-hydrogen) atoms. The molecule has 0 aliphatic carbocycles. The van der Waals surface area contributed by atoms with Crippen LogP contribution in [0.3, 0.4) is 0 Å². The molecule has 134 valence electrons. The normalized spacial score (nSPS) is 12.0. The highest BCUT2D eigenvalue weighted by Crippen LogP contribution is 2.31. The lowest BCUT2D eigenvalue weighted by Crippen LogP contribution is -2.15. The number of hydrogen-bond acceptors (Lipinski definition) is 1. The van der Waals surface area contributed by atoms with E-state index in [0.29, 0.717) is 5.56 Å². The molecular formula is C22H23FN2O. The Morgan fingerprint density at radius 1 is 1.12 bits per heavy atom. The Morgan fingerprint density at radius 3 is 2.38 bits per heavy atom. The second-order valence-electron chi connectivity index (χ2n) is 6.52. The van der Waals surface area contributed by atoms with Crippen molar-refractivity contribution in [1.29, 1.82) is 0 Å². The van der Waals surface area contributed by atoms with Crippen LogP contribution in [0.1, 0.15) is 42.2 Å². The minimum absolute atomic E-state index is 0.129. The molecule has 0 aliphatic heterocycles. The van der Waals surface area contributed by atoms with Gasteiger partial charge in [0.15, 0.2) is 0 Å². The summed E-state index contributed by atoms with van der Waals surface area (Å²) >= 11 is 0. The number of nitrogens with zero attached hydrogens (tertiary/aromatic N) is 1. The molecule has 0 radical (unpaired) electrons. The Kier molecular flexibility index (Phi) is 5.21. The highest BCUT2D eigenvalue weighted by atomic mass is 19.1. The summed E-state index contributed by atoms with van der Waals surface area (Å²) in [6.45, 7) is 4.22. The molecule has 0 saturated heterocycles. The molecular weight excluding hydrogens is 327 g/mol. The number of rotatable bonds is 5. The first-order chi connectivity index (χ1) is 12.5. The number of benzene rings is 2. The molecule has 4 heteroatoms. The lowest BCUT2D eigenvalue weighted by atomic mass is 10.0. The van der Waals surface area contributed by atoms with Crippen molar-refractivity contribution in [2.75, 3.05) is 5.32 Å². The van der Waals surface area contributed by atoms with Gasteiger partial charge in [0.1, 0.15) is 5.82 Å². The third-order valence-electron chi connectivity index (χ3n) is 4.78. The monoisotopic (exact) mass is 350 g/mol. The maximum Gasteiger partial charge on any atom is 0.257 e. The molecule has 0 fully saturated rings. The first-order valence-electron chi connectivity index (χ1n) is 8.83. The Labute approximate surface area is 153 Å². The summed E-state index contributed by atoms with van der Waals surface area (Å²) in [6.07, 6.45) is 0.923. The van der Waals surface area contributed by atoms with Crippen LogP contribution in [0.25, 0.3) is 11.3 Å². The molecule has 3 nitrogen and oxygen atoms in total. The molecule has 1 heterocycles. The molecule has 0 spiro atoms. The average Bonchev–Trinajstić information content (AvgIpc) is 3.00. The van der Waals surface area contributed by atoms with Crippen molar-refractivity contribution in [3.63, 3.8) is 0 Å². The molecule has 0 bridgehead atoms. The first-order valence-corrected chi connectivity index (χ1v) is 8.83. The van der Waals surface area contributed by atoms with Crippen LogP contribution in [0.4, 0.5) is 10.1 Å². The minimum atomic E-state index is -0.271. The summed E-state index contributed by atoms with van der Waals surface area (Å²) in [6, 6.07) is 17.7. The fraction of sp³-hybridized carbons (Fsp3) is 0.227. The lowest BCUT2D eigenvalue weighted by Gasteiger charge is -2.15. The summed E-state index contributed by atoms with van der Waals surface area (Å²) in [5.41, 5.74) is 4.20. The van der Waals surface area contributed by atoms with Gasteiger partial charge in [0.2, 0.25) is 0 Å². The number of aromatic nitrogens is 1. The maximum atomic E-state index is 13.3. The van der Waals surface area contributed by atoms with Gasteiger partial charge >= 0.3 is 0 Å². The Hall–Kier alpha value is -2.88. The minimum Gasteiger partial charge on any atom is -0.347 e. The number of anilines is 1. The van der Waals surface area contributed by atoms with E-state index < -0.39 is 0 Å². The zero-order valence-corrected chi connectivity index (χ0v) is 15.3. The van der Waals surface area contributed by atoms with E-state index in [-0.39, 0.29) is 17.6 Å². The van der Waals surface area contributed by atoms with Crippen molar-refractivity contribution >= 4 is 11.6 Å². The van der Waals surface area contributed by atoms with Gasteiger partial charge < -0.3 is 9.88 Å². The number of amides is 1. The van der Waals surface area contributed by atoms with Crippen LogP contribution in [0.2, 0.25) is 0 Å². The van der Waals surface area contributed by atoms with E-state index >= 15 is 0 Å². The number of carbonyl (C=O) groups is 1. The van der Waals surface area contributed by atoms with Crippen molar-refractivity contribution in [1.82, 2.24) is 4.57 Å². The van der Waals surface area contributed by atoms with Crippen molar-refractivity contribution in [3.8, 4) is 11.3 Å². The topological polar surface area (TPSA) is 34.0 Å². The molecule has 1 atom stereocenters. The van der Waals surface area contributed by atoms with Crippen molar-refractivity contribution in [3.05, 3.63) is 77.7 Å². The van der Waals surface area contributed by atoms with Gasteiger partial charge in [-0.15, -0.1) is 0 Å². The summed E-state index contributed by atoms with van der Waals surface area (Å²) in [5.74, 6) is -0.173. The highest BCUT2D eigenvalue weighted by molar-refractivity contribution is 6.06. The molecule has 3 rings (SSSR count). The molecule has 0 aliphatic rings. The predicted molar refractivity (Wildman–Crippen MR) is 104 cm³/mol. The third kappa shape index (κ3) is 3.54. The summed E-state index contributed by atoms with van der Waals surface area (Å²) < 4.78 is 15.3. The zero-order chi connectivity index (χ0) is 18.7. The zero-order valence-electron chi connectivity index (χ0n) is 15.3. The van der Waals surface area contributed by atoms with Gasteiger partial charge in [-0.3, -0.25) is 4.79 Å². The van der Waals surface area contributed by atoms with Gasteiger partial charge in [0.05, 0.1) is 5.56 Å². The van der Waals surface area contributed by atoms with Gasteiger partial charge in [-0.25, -0.2) is 4.39 Å². The number of para-hydroxylation sites is 1. The molecule has 1 unspecified atom stereocenters. The molecule has 1 amide bonds. The summed E-state index contributed by atoms with van der Waals surface area (Å²) in [5, 5.41) is 2.97.